The minimum atomic E-state index is -4.47. The van der Waals surface area contributed by atoms with E-state index in [-0.39, 0.29) is 18.7 Å². The maximum atomic E-state index is 12.4. The predicted octanol–water partition coefficient (Wildman–Crippen LogP) is 5.68. The second kappa shape index (κ2) is 12.5. The van der Waals surface area contributed by atoms with Gasteiger partial charge in [0.15, 0.2) is 0 Å². The number of halogens is 3. The molecule has 35 heavy (non-hydrogen) atoms. The number of nitrogens with zero attached hydrogens (tertiary/aromatic N) is 1. The highest BCUT2D eigenvalue weighted by Gasteiger charge is 2.28. The third-order valence-electron chi connectivity index (χ3n) is 4.89. The monoisotopic (exact) mass is 486 g/mol. The summed E-state index contributed by atoms with van der Waals surface area (Å²) in [6.45, 7) is -0.972. The van der Waals surface area contributed by atoms with Crippen LogP contribution in [0.5, 0.6) is 5.75 Å². The van der Waals surface area contributed by atoms with Gasteiger partial charge in [0.25, 0.3) is 0 Å². The molecule has 0 heterocycles. The maximum absolute atomic E-state index is 12.4. The standard InChI is InChI=1S/C26H25F3N2O4/c27-26(28,29)18-35-31-24(21-4-2-1-3-5-21)17-34-23-13-8-20(9-14-23)16-30-22-11-6-19(7-12-22)10-15-25(32)33/h1-9,11-14,30H,10,15-18H2,(H,32,33)/b31-24+. The molecule has 0 saturated heterocycles. The van der Waals surface area contributed by atoms with Crippen molar-refractivity contribution >= 4 is 17.4 Å². The largest absolute Gasteiger partial charge is 0.487 e. The minimum absolute atomic E-state index is 0.0618. The Labute approximate surface area is 201 Å². The smallest absolute Gasteiger partial charge is 0.425 e. The molecular weight excluding hydrogens is 461 g/mol. The van der Waals surface area contributed by atoms with E-state index in [1.807, 2.05) is 36.4 Å². The van der Waals surface area contributed by atoms with Crippen molar-refractivity contribution < 1.29 is 32.6 Å². The summed E-state index contributed by atoms with van der Waals surface area (Å²) in [6, 6.07) is 23.6. The van der Waals surface area contributed by atoms with E-state index in [2.05, 4.69) is 15.3 Å². The fourth-order valence-corrected chi connectivity index (χ4v) is 3.08. The molecule has 3 aromatic rings. The average molecular weight is 486 g/mol. The van der Waals surface area contributed by atoms with Gasteiger partial charge in [-0.25, -0.2) is 0 Å². The fraction of sp³-hybridized carbons (Fsp3) is 0.231. The number of oxime groups is 1. The normalized spacial score (nSPS) is 11.7. The zero-order chi connectivity index (χ0) is 25.1. The number of ether oxygens (including phenoxy) is 1. The molecule has 0 atom stereocenters. The third kappa shape index (κ3) is 9.40. The molecule has 0 unspecified atom stereocenters. The maximum Gasteiger partial charge on any atom is 0.425 e. The Hall–Kier alpha value is -4.01. The zero-order valence-corrected chi connectivity index (χ0v) is 18.8. The van der Waals surface area contributed by atoms with Gasteiger partial charge in [0.05, 0.1) is 0 Å². The minimum Gasteiger partial charge on any atom is -0.487 e. The first kappa shape index (κ1) is 25.6. The molecule has 3 rings (SSSR count). The Morgan fingerprint density at radius 2 is 1.57 bits per heavy atom. The van der Waals surface area contributed by atoms with Crippen LogP contribution in [-0.2, 0) is 22.6 Å². The van der Waals surface area contributed by atoms with Crippen LogP contribution in [0.2, 0.25) is 0 Å². The van der Waals surface area contributed by atoms with Crippen LogP contribution < -0.4 is 10.1 Å². The van der Waals surface area contributed by atoms with Crippen LogP contribution in [0.1, 0.15) is 23.1 Å². The number of hydrogen-bond acceptors (Lipinski definition) is 5. The summed E-state index contributed by atoms with van der Waals surface area (Å²) in [6.07, 6.45) is -3.89. The molecule has 0 aliphatic heterocycles. The molecule has 9 heteroatoms. The molecular formula is C26H25F3N2O4. The molecule has 0 saturated carbocycles. The van der Waals surface area contributed by atoms with Gasteiger partial charge in [-0.1, -0.05) is 59.8 Å². The van der Waals surface area contributed by atoms with E-state index in [1.54, 1.807) is 42.5 Å². The van der Waals surface area contributed by atoms with E-state index in [9.17, 15) is 18.0 Å². The predicted molar refractivity (Wildman–Crippen MR) is 127 cm³/mol. The molecule has 0 aromatic heterocycles. The number of hydrogen-bond donors (Lipinski definition) is 2. The summed E-state index contributed by atoms with van der Waals surface area (Å²) in [5.41, 5.74) is 3.71. The Kier molecular flexibility index (Phi) is 9.11. The first-order valence-corrected chi connectivity index (χ1v) is 10.9. The van der Waals surface area contributed by atoms with Gasteiger partial charge in [-0.05, 0) is 41.8 Å². The van der Waals surface area contributed by atoms with E-state index < -0.39 is 18.8 Å². The quantitative estimate of drug-likeness (QED) is 0.254. The lowest BCUT2D eigenvalue weighted by Gasteiger charge is -2.11. The Bertz CT molecular complexity index is 1100. The number of benzene rings is 3. The van der Waals surface area contributed by atoms with E-state index in [1.165, 1.54) is 0 Å². The zero-order valence-electron chi connectivity index (χ0n) is 18.8. The number of aliphatic carboxylic acids is 1. The van der Waals surface area contributed by atoms with Crippen molar-refractivity contribution in [2.45, 2.75) is 25.6 Å². The Morgan fingerprint density at radius 3 is 2.20 bits per heavy atom. The van der Waals surface area contributed by atoms with Crippen molar-refractivity contribution in [3.8, 4) is 5.75 Å². The third-order valence-corrected chi connectivity index (χ3v) is 4.89. The molecule has 0 spiro atoms. The number of anilines is 1. The van der Waals surface area contributed by atoms with Gasteiger partial charge in [-0.15, -0.1) is 0 Å². The molecule has 3 aromatic carbocycles. The Morgan fingerprint density at radius 1 is 0.914 bits per heavy atom. The molecule has 0 amide bonds. The summed E-state index contributed by atoms with van der Waals surface area (Å²) >= 11 is 0. The van der Waals surface area contributed by atoms with Gasteiger partial charge in [-0.3, -0.25) is 4.79 Å². The van der Waals surface area contributed by atoms with E-state index in [0.29, 0.717) is 24.3 Å². The van der Waals surface area contributed by atoms with Crippen molar-refractivity contribution in [1.82, 2.24) is 0 Å². The van der Waals surface area contributed by atoms with Gasteiger partial charge in [0.2, 0.25) is 6.61 Å². The van der Waals surface area contributed by atoms with Crippen LogP contribution >= 0.6 is 0 Å². The Balaban J connectivity index is 1.53. The topological polar surface area (TPSA) is 80.2 Å². The highest BCUT2D eigenvalue weighted by Crippen LogP contribution is 2.17. The number of alkyl halides is 3. The van der Waals surface area contributed by atoms with Gasteiger partial charge >= 0.3 is 12.1 Å². The summed E-state index contributed by atoms with van der Waals surface area (Å²) in [5, 5.41) is 15.7. The van der Waals surface area contributed by atoms with Crippen LogP contribution in [0, 0.1) is 0 Å². The van der Waals surface area contributed by atoms with Crippen molar-refractivity contribution in [1.29, 1.82) is 0 Å². The number of aryl methyl sites for hydroxylation is 1. The molecule has 2 N–H and O–H groups in total. The second-order valence-corrected chi connectivity index (χ2v) is 7.67. The molecule has 0 aliphatic carbocycles. The lowest BCUT2D eigenvalue weighted by molar-refractivity contribution is -0.173. The van der Waals surface area contributed by atoms with Gasteiger partial charge in [0, 0.05) is 24.2 Å². The number of carbonyl (C=O) groups is 1. The van der Waals surface area contributed by atoms with E-state index in [0.717, 1.165) is 16.8 Å². The van der Waals surface area contributed by atoms with Crippen molar-refractivity contribution in [3.05, 3.63) is 95.6 Å². The van der Waals surface area contributed by atoms with Crippen molar-refractivity contribution in [2.24, 2.45) is 5.16 Å². The molecule has 0 fully saturated rings. The summed E-state index contributed by atoms with van der Waals surface area (Å²) < 4.78 is 42.9. The van der Waals surface area contributed by atoms with Crippen LogP contribution in [0.15, 0.2) is 84.0 Å². The SMILES string of the molecule is O=C(O)CCc1ccc(NCc2ccc(OC/C(=N\OCC(F)(F)F)c3ccccc3)cc2)cc1. The molecule has 184 valence electrons. The number of carboxylic acids is 1. The van der Waals surface area contributed by atoms with E-state index >= 15 is 0 Å². The summed E-state index contributed by atoms with van der Waals surface area (Å²) in [5.74, 6) is -0.283. The highest BCUT2D eigenvalue weighted by atomic mass is 19.4. The lowest BCUT2D eigenvalue weighted by atomic mass is 10.1. The first-order chi connectivity index (χ1) is 16.8. The van der Waals surface area contributed by atoms with Crippen LogP contribution in [0.4, 0.5) is 18.9 Å². The van der Waals surface area contributed by atoms with Crippen LogP contribution in [-0.4, -0.2) is 36.2 Å². The van der Waals surface area contributed by atoms with E-state index in [4.69, 9.17) is 9.84 Å². The van der Waals surface area contributed by atoms with Crippen LogP contribution in [0.25, 0.3) is 0 Å². The van der Waals surface area contributed by atoms with Gasteiger partial charge < -0.3 is 20.0 Å². The molecule has 0 aliphatic rings. The van der Waals surface area contributed by atoms with Crippen LogP contribution in [0.3, 0.4) is 0 Å². The van der Waals surface area contributed by atoms with Crippen molar-refractivity contribution in [2.75, 3.05) is 18.5 Å². The molecule has 6 nitrogen and oxygen atoms in total. The lowest BCUT2D eigenvalue weighted by Crippen LogP contribution is -2.18. The number of nitrogens with one attached hydrogen (secondary N) is 1. The fourth-order valence-electron chi connectivity index (χ4n) is 3.08. The number of carboxylic acid groups (broad SMARTS) is 1. The second-order valence-electron chi connectivity index (χ2n) is 7.67. The molecule has 0 bridgehead atoms. The van der Waals surface area contributed by atoms with Gasteiger partial charge in [-0.2, -0.15) is 13.2 Å². The summed E-state index contributed by atoms with van der Waals surface area (Å²) in [4.78, 5) is 15.1. The molecule has 0 radical (unpaired) electrons. The number of rotatable bonds is 12. The summed E-state index contributed by atoms with van der Waals surface area (Å²) in [7, 11) is 0. The average Bonchev–Trinajstić information content (AvgIpc) is 2.84. The first-order valence-electron chi connectivity index (χ1n) is 10.9. The van der Waals surface area contributed by atoms with Crippen molar-refractivity contribution in [3.63, 3.8) is 0 Å². The highest BCUT2D eigenvalue weighted by molar-refractivity contribution is 6.01. The van der Waals surface area contributed by atoms with Gasteiger partial charge in [0.1, 0.15) is 18.1 Å².